The van der Waals surface area contributed by atoms with Crippen molar-refractivity contribution in [2.75, 3.05) is 18.0 Å². The van der Waals surface area contributed by atoms with Crippen LogP contribution in [-0.2, 0) is 11.8 Å². The molecular weight excluding hydrogens is 416 g/mol. The summed E-state index contributed by atoms with van der Waals surface area (Å²) >= 11 is 6.76. The lowest BCUT2D eigenvalue weighted by molar-refractivity contribution is -0.123. The Bertz CT molecular complexity index is 998. The van der Waals surface area contributed by atoms with E-state index in [0.29, 0.717) is 14.8 Å². The summed E-state index contributed by atoms with van der Waals surface area (Å²) in [5.74, 6) is 0.681. The molecule has 2 aliphatic heterocycles. The predicted molar refractivity (Wildman–Crippen MR) is 127 cm³/mol. The molecule has 3 rings (SSSR count). The molecule has 0 aliphatic carbocycles. The predicted octanol–water partition coefficient (Wildman–Crippen LogP) is 3.95. The van der Waals surface area contributed by atoms with Gasteiger partial charge < -0.3 is 4.90 Å². The van der Waals surface area contributed by atoms with Crippen molar-refractivity contribution in [1.82, 2.24) is 9.47 Å². The highest BCUT2D eigenvalue weighted by Gasteiger charge is 2.35. The number of carbonyl (C=O) groups is 1. The lowest BCUT2D eigenvalue weighted by atomic mass is 10.0. The maximum Gasteiger partial charge on any atom is 0.270 e. The van der Waals surface area contributed by atoms with Crippen molar-refractivity contribution < 1.29 is 4.79 Å². The molecule has 1 atom stereocenters. The Balaban J connectivity index is 2.18. The van der Waals surface area contributed by atoms with E-state index in [9.17, 15) is 14.9 Å². The molecule has 2 fully saturated rings. The molecule has 30 heavy (non-hydrogen) atoms. The van der Waals surface area contributed by atoms with Crippen LogP contribution in [0.1, 0.15) is 62.6 Å². The Morgan fingerprint density at radius 2 is 1.87 bits per heavy atom. The second-order valence-electron chi connectivity index (χ2n) is 7.92. The Morgan fingerprint density at radius 1 is 1.23 bits per heavy atom. The molecule has 6 nitrogen and oxygen atoms in total. The number of hydrogen-bond acceptors (Lipinski definition) is 6. The van der Waals surface area contributed by atoms with Gasteiger partial charge in [0, 0.05) is 31.7 Å². The number of rotatable bonds is 4. The molecular formula is C22H28N4O2S2. The van der Waals surface area contributed by atoms with Crippen LogP contribution < -0.4 is 10.5 Å². The molecule has 0 unspecified atom stereocenters. The van der Waals surface area contributed by atoms with Crippen LogP contribution in [0.5, 0.6) is 0 Å². The van der Waals surface area contributed by atoms with Crippen molar-refractivity contribution in [3.05, 3.63) is 31.9 Å². The van der Waals surface area contributed by atoms with Gasteiger partial charge in [-0.25, -0.2) is 0 Å². The Hall–Kier alpha value is -2.11. The van der Waals surface area contributed by atoms with Gasteiger partial charge in [0.25, 0.3) is 11.5 Å². The highest BCUT2D eigenvalue weighted by atomic mass is 32.2. The fourth-order valence-corrected chi connectivity index (χ4v) is 5.49. The normalized spacial score (nSPS) is 19.9. The van der Waals surface area contributed by atoms with Crippen molar-refractivity contribution in [3.63, 3.8) is 0 Å². The van der Waals surface area contributed by atoms with Crippen molar-refractivity contribution in [2.24, 2.45) is 7.05 Å². The van der Waals surface area contributed by atoms with Crippen LogP contribution in [0, 0.1) is 18.3 Å². The zero-order chi connectivity index (χ0) is 22.0. The SMILES string of the molecule is CC[C@H](C)N1C(=O)/C(=C/c2c(C)c(C#N)c(=O)n(C)c2N2CCCCCC2)SC1=S. The molecule has 8 heteroatoms. The second kappa shape index (κ2) is 9.36. The van der Waals surface area contributed by atoms with Gasteiger partial charge in [0.1, 0.15) is 21.8 Å². The van der Waals surface area contributed by atoms with Gasteiger partial charge in [0.2, 0.25) is 0 Å². The topological polar surface area (TPSA) is 69.3 Å². The molecule has 0 N–H and O–H groups in total. The Kier molecular flexibility index (Phi) is 7.04. The minimum atomic E-state index is -0.293. The average molecular weight is 445 g/mol. The van der Waals surface area contributed by atoms with Crippen molar-refractivity contribution in [2.45, 2.75) is 58.9 Å². The van der Waals surface area contributed by atoms with Crippen molar-refractivity contribution in [1.29, 1.82) is 5.26 Å². The third-order valence-electron chi connectivity index (χ3n) is 6.00. The maximum atomic E-state index is 13.1. The number of aromatic nitrogens is 1. The van der Waals surface area contributed by atoms with Crippen LogP contribution in [0.15, 0.2) is 9.70 Å². The minimum absolute atomic E-state index is 0.0318. The molecule has 3 heterocycles. The summed E-state index contributed by atoms with van der Waals surface area (Å²) in [5.41, 5.74) is 1.21. The summed E-state index contributed by atoms with van der Waals surface area (Å²) in [6, 6.07) is 2.09. The van der Waals surface area contributed by atoms with Crippen molar-refractivity contribution >= 4 is 46.1 Å². The van der Waals surface area contributed by atoms with Gasteiger partial charge in [0.05, 0.1) is 4.91 Å². The van der Waals surface area contributed by atoms with Crippen LogP contribution in [0.4, 0.5) is 5.82 Å². The monoisotopic (exact) mass is 444 g/mol. The fourth-order valence-electron chi connectivity index (χ4n) is 4.05. The van der Waals surface area contributed by atoms with E-state index in [-0.39, 0.29) is 23.1 Å². The molecule has 0 spiro atoms. The van der Waals surface area contributed by atoms with E-state index in [1.807, 2.05) is 19.9 Å². The van der Waals surface area contributed by atoms with E-state index in [4.69, 9.17) is 12.2 Å². The summed E-state index contributed by atoms with van der Waals surface area (Å²) in [6.45, 7) is 7.52. The third kappa shape index (κ3) is 4.06. The number of nitriles is 1. The number of anilines is 1. The van der Waals surface area contributed by atoms with E-state index in [0.717, 1.165) is 43.7 Å². The lowest BCUT2D eigenvalue weighted by Crippen LogP contribution is -2.36. The van der Waals surface area contributed by atoms with E-state index < -0.39 is 0 Å². The van der Waals surface area contributed by atoms with Gasteiger partial charge in [-0.15, -0.1) is 0 Å². The fraction of sp³-hybridized carbons (Fsp3) is 0.545. The first kappa shape index (κ1) is 22.6. The first-order chi connectivity index (χ1) is 14.3. The van der Waals surface area contributed by atoms with Gasteiger partial charge in [0.15, 0.2) is 0 Å². The Morgan fingerprint density at radius 3 is 2.43 bits per heavy atom. The lowest BCUT2D eigenvalue weighted by Gasteiger charge is -2.28. The maximum absolute atomic E-state index is 13.1. The van der Waals surface area contributed by atoms with Crippen LogP contribution in [0.3, 0.4) is 0 Å². The van der Waals surface area contributed by atoms with Crippen LogP contribution in [-0.4, -0.2) is 38.8 Å². The van der Waals surface area contributed by atoms with E-state index >= 15 is 0 Å². The molecule has 0 bridgehead atoms. The summed E-state index contributed by atoms with van der Waals surface area (Å²) in [4.78, 5) is 30.4. The molecule has 1 aromatic rings. The average Bonchev–Trinajstić information content (AvgIpc) is 2.90. The van der Waals surface area contributed by atoms with Gasteiger partial charge in [-0.3, -0.25) is 19.1 Å². The van der Waals surface area contributed by atoms with Gasteiger partial charge >= 0.3 is 0 Å². The van der Waals surface area contributed by atoms with E-state index in [1.54, 1.807) is 23.4 Å². The first-order valence-corrected chi connectivity index (χ1v) is 11.7. The second-order valence-corrected chi connectivity index (χ2v) is 9.60. The number of thioether (sulfide) groups is 1. The van der Waals surface area contributed by atoms with Crippen LogP contribution in [0.2, 0.25) is 0 Å². The molecule has 160 valence electrons. The Labute approximate surface area is 187 Å². The van der Waals surface area contributed by atoms with Gasteiger partial charge in [-0.1, -0.05) is 43.7 Å². The zero-order valence-corrected chi connectivity index (χ0v) is 19.7. The van der Waals surface area contributed by atoms with E-state index in [1.165, 1.54) is 24.6 Å². The van der Waals surface area contributed by atoms with Crippen molar-refractivity contribution in [3.8, 4) is 6.07 Å². The quantitative estimate of drug-likeness (QED) is 0.517. The van der Waals surface area contributed by atoms with Crippen LogP contribution in [0.25, 0.3) is 6.08 Å². The first-order valence-electron chi connectivity index (χ1n) is 10.5. The molecule has 0 saturated carbocycles. The highest BCUT2D eigenvalue weighted by molar-refractivity contribution is 8.26. The summed E-state index contributed by atoms with van der Waals surface area (Å²) in [6.07, 6.45) is 7.10. The largest absolute Gasteiger partial charge is 0.357 e. The number of amides is 1. The number of thiocarbonyl (C=S) groups is 1. The van der Waals surface area contributed by atoms with E-state index in [2.05, 4.69) is 11.0 Å². The summed E-state index contributed by atoms with van der Waals surface area (Å²) < 4.78 is 2.12. The molecule has 0 aromatic carbocycles. The third-order valence-corrected chi connectivity index (χ3v) is 7.33. The molecule has 1 amide bonds. The summed E-state index contributed by atoms with van der Waals surface area (Å²) in [7, 11) is 1.71. The summed E-state index contributed by atoms with van der Waals surface area (Å²) in [5, 5.41) is 9.60. The zero-order valence-electron chi connectivity index (χ0n) is 18.0. The number of pyridine rings is 1. The number of hydrogen-bond donors (Lipinski definition) is 0. The molecule has 2 saturated heterocycles. The standard InChI is InChI=1S/C22H28N4O2S2/c1-5-14(2)26-21(28)18(30-22(26)29)12-16-15(3)17(13-23)20(27)24(4)19(16)25-10-8-6-7-9-11-25/h12,14H,5-11H2,1-4H3/b18-12-/t14-/m0/s1. The minimum Gasteiger partial charge on any atom is -0.357 e. The smallest absolute Gasteiger partial charge is 0.270 e. The van der Waals surface area contributed by atoms with Gasteiger partial charge in [-0.05, 0) is 44.7 Å². The van der Waals surface area contributed by atoms with Gasteiger partial charge in [-0.2, -0.15) is 5.26 Å². The number of carbonyl (C=O) groups excluding carboxylic acids is 1. The van der Waals surface area contributed by atoms with Crippen LogP contribution >= 0.6 is 24.0 Å². The highest BCUT2D eigenvalue weighted by Crippen LogP contribution is 2.37. The molecule has 1 aromatic heterocycles. The molecule has 2 aliphatic rings. The number of nitrogens with zero attached hydrogens (tertiary/aromatic N) is 4. The molecule has 0 radical (unpaired) electrons.